The van der Waals surface area contributed by atoms with Crippen molar-refractivity contribution >= 4 is 35.3 Å². The summed E-state index contributed by atoms with van der Waals surface area (Å²) < 4.78 is 5.70. The lowest BCUT2D eigenvalue weighted by Gasteiger charge is -2.07. The molecule has 3 rings (SSSR count). The molecule has 0 atom stereocenters. The fourth-order valence-electron chi connectivity index (χ4n) is 2.25. The topological polar surface area (TPSA) is 50.7 Å². The van der Waals surface area contributed by atoms with E-state index in [-0.39, 0.29) is 5.91 Å². The summed E-state index contributed by atoms with van der Waals surface area (Å²) in [6.45, 7) is 0.421. The number of carbonyl (C=O) groups is 1. The average molecular weight is 399 g/mol. The van der Waals surface area contributed by atoms with E-state index in [0.29, 0.717) is 28.0 Å². The Kier molecular flexibility index (Phi) is 6.47. The zero-order valence-electron chi connectivity index (χ0n) is 14.2. The Morgan fingerprint density at radius 3 is 2.37 bits per heavy atom. The van der Waals surface area contributed by atoms with Gasteiger partial charge in [0.2, 0.25) is 0 Å². The highest BCUT2D eigenvalue weighted by molar-refractivity contribution is 6.33. The Bertz CT molecular complexity index is 939. The number of hydrogen-bond acceptors (Lipinski definition) is 3. The zero-order valence-corrected chi connectivity index (χ0v) is 15.7. The predicted octanol–water partition coefficient (Wildman–Crippen LogP) is 5.34. The molecule has 0 bridgehead atoms. The monoisotopic (exact) mass is 398 g/mol. The molecule has 0 saturated heterocycles. The third-order valence-corrected chi connectivity index (χ3v) is 4.31. The summed E-state index contributed by atoms with van der Waals surface area (Å²) in [4.78, 5) is 12.1. The number of benzene rings is 3. The van der Waals surface area contributed by atoms with Gasteiger partial charge in [-0.15, -0.1) is 0 Å². The molecule has 136 valence electrons. The first kappa shape index (κ1) is 19.0. The van der Waals surface area contributed by atoms with Crippen molar-refractivity contribution in [2.75, 3.05) is 0 Å². The summed E-state index contributed by atoms with van der Waals surface area (Å²) in [5, 5.41) is 5.19. The molecule has 0 heterocycles. The number of nitrogens with one attached hydrogen (secondary N) is 1. The van der Waals surface area contributed by atoms with Crippen molar-refractivity contribution in [3.05, 3.63) is 99.5 Å². The molecule has 1 amide bonds. The first-order valence-corrected chi connectivity index (χ1v) is 8.92. The van der Waals surface area contributed by atoms with E-state index in [0.717, 1.165) is 11.1 Å². The van der Waals surface area contributed by atoms with Crippen molar-refractivity contribution in [1.82, 2.24) is 5.43 Å². The summed E-state index contributed by atoms with van der Waals surface area (Å²) >= 11 is 11.9. The molecule has 4 nitrogen and oxygen atoms in total. The molecule has 3 aromatic carbocycles. The Hall–Kier alpha value is -2.82. The van der Waals surface area contributed by atoms with Crippen LogP contribution < -0.4 is 10.2 Å². The van der Waals surface area contributed by atoms with Crippen molar-refractivity contribution < 1.29 is 9.53 Å². The van der Waals surface area contributed by atoms with Gasteiger partial charge in [-0.05, 0) is 48.0 Å². The largest absolute Gasteiger partial charge is 0.489 e. The maximum Gasteiger partial charge on any atom is 0.271 e. The lowest BCUT2D eigenvalue weighted by atomic mass is 10.2. The van der Waals surface area contributed by atoms with Gasteiger partial charge in [0.05, 0.1) is 6.21 Å². The van der Waals surface area contributed by atoms with E-state index >= 15 is 0 Å². The van der Waals surface area contributed by atoms with E-state index in [1.165, 1.54) is 6.21 Å². The smallest absolute Gasteiger partial charge is 0.271 e. The molecule has 0 radical (unpaired) electrons. The number of amides is 1. The van der Waals surface area contributed by atoms with E-state index < -0.39 is 0 Å². The zero-order chi connectivity index (χ0) is 19.1. The molecule has 0 aliphatic carbocycles. The molecule has 0 aromatic heterocycles. The second-order valence-corrected chi connectivity index (χ2v) is 6.50. The van der Waals surface area contributed by atoms with E-state index in [9.17, 15) is 4.79 Å². The van der Waals surface area contributed by atoms with Crippen LogP contribution in [0, 0.1) is 0 Å². The second-order valence-electron chi connectivity index (χ2n) is 5.66. The van der Waals surface area contributed by atoms with Crippen LogP contribution in [-0.4, -0.2) is 12.1 Å². The molecule has 0 unspecified atom stereocenters. The van der Waals surface area contributed by atoms with Crippen LogP contribution in [0.1, 0.15) is 21.5 Å². The SMILES string of the molecule is O=C(N/N=C/c1ccccc1Cl)c1ccc(OCc2ccc(Cl)cc2)cc1. The number of rotatable bonds is 6. The highest BCUT2D eigenvalue weighted by Gasteiger charge is 2.05. The second kappa shape index (κ2) is 9.21. The molecule has 0 aliphatic rings. The van der Waals surface area contributed by atoms with Gasteiger partial charge in [-0.2, -0.15) is 5.10 Å². The highest BCUT2D eigenvalue weighted by atomic mass is 35.5. The van der Waals surface area contributed by atoms with Crippen molar-refractivity contribution in [2.24, 2.45) is 5.10 Å². The van der Waals surface area contributed by atoms with E-state index in [1.807, 2.05) is 42.5 Å². The maximum atomic E-state index is 12.1. The minimum absolute atomic E-state index is 0.317. The highest BCUT2D eigenvalue weighted by Crippen LogP contribution is 2.16. The molecule has 0 spiro atoms. The van der Waals surface area contributed by atoms with Gasteiger partial charge in [-0.3, -0.25) is 4.79 Å². The lowest BCUT2D eigenvalue weighted by molar-refractivity contribution is 0.0955. The molecule has 27 heavy (non-hydrogen) atoms. The molecule has 3 aromatic rings. The van der Waals surface area contributed by atoms with Crippen LogP contribution in [0.4, 0.5) is 0 Å². The van der Waals surface area contributed by atoms with Gasteiger partial charge < -0.3 is 4.74 Å². The molecule has 0 saturated carbocycles. The number of carbonyl (C=O) groups excluding carboxylic acids is 1. The maximum absolute atomic E-state index is 12.1. The summed E-state index contributed by atoms with van der Waals surface area (Å²) in [6.07, 6.45) is 1.50. The van der Waals surface area contributed by atoms with Crippen LogP contribution in [0.15, 0.2) is 77.9 Å². The van der Waals surface area contributed by atoms with Crippen LogP contribution in [-0.2, 0) is 6.61 Å². The Labute approximate surface area is 167 Å². The van der Waals surface area contributed by atoms with E-state index in [4.69, 9.17) is 27.9 Å². The van der Waals surface area contributed by atoms with Crippen molar-refractivity contribution in [3.8, 4) is 5.75 Å². The van der Waals surface area contributed by atoms with Crippen LogP contribution in [0.25, 0.3) is 0 Å². The number of hydrazone groups is 1. The van der Waals surface area contributed by atoms with Crippen LogP contribution >= 0.6 is 23.2 Å². The van der Waals surface area contributed by atoms with Gasteiger partial charge in [0, 0.05) is 21.2 Å². The number of ether oxygens (including phenoxy) is 1. The summed E-state index contributed by atoms with van der Waals surface area (Å²) in [5.41, 5.74) is 4.69. The fourth-order valence-corrected chi connectivity index (χ4v) is 2.57. The third-order valence-electron chi connectivity index (χ3n) is 3.71. The predicted molar refractivity (Wildman–Crippen MR) is 109 cm³/mol. The van der Waals surface area contributed by atoms with Crippen molar-refractivity contribution in [3.63, 3.8) is 0 Å². The van der Waals surface area contributed by atoms with E-state index in [1.54, 1.807) is 30.3 Å². The van der Waals surface area contributed by atoms with Crippen molar-refractivity contribution in [1.29, 1.82) is 0 Å². The fraction of sp³-hybridized carbons (Fsp3) is 0.0476. The number of halogens is 2. The van der Waals surface area contributed by atoms with Gasteiger partial charge >= 0.3 is 0 Å². The summed E-state index contributed by atoms with van der Waals surface area (Å²) in [5.74, 6) is 0.351. The minimum atomic E-state index is -0.317. The molecule has 0 fully saturated rings. The molecule has 6 heteroatoms. The normalized spacial score (nSPS) is 10.7. The third kappa shape index (κ3) is 5.58. The lowest BCUT2D eigenvalue weighted by Crippen LogP contribution is -2.17. The quantitative estimate of drug-likeness (QED) is 0.450. The van der Waals surface area contributed by atoms with Gasteiger partial charge in [-0.1, -0.05) is 53.5 Å². The van der Waals surface area contributed by atoms with Gasteiger partial charge in [0.15, 0.2) is 0 Å². The summed E-state index contributed by atoms with van der Waals surface area (Å²) in [7, 11) is 0. The Morgan fingerprint density at radius 1 is 0.963 bits per heavy atom. The molecular weight excluding hydrogens is 383 g/mol. The summed E-state index contributed by atoms with van der Waals surface area (Å²) in [6, 6.07) is 21.5. The van der Waals surface area contributed by atoms with Crippen LogP contribution in [0.5, 0.6) is 5.75 Å². The van der Waals surface area contributed by atoms with Gasteiger partial charge in [0.25, 0.3) is 5.91 Å². The van der Waals surface area contributed by atoms with Gasteiger partial charge in [0.1, 0.15) is 12.4 Å². The number of nitrogens with zero attached hydrogens (tertiary/aromatic N) is 1. The average Bonchev–Trinajstić information content (AvgIpc) is 2.69. The van der Waals surface area contributed by atoms with Crippen LogP contribution in [0.3, 0.4) is 0 Å². The Morgan fingerprint density at radius 2 is 1.67 bits per heavy atom. The standard InChI is InChI=1S/C21H16Cl2N2O2/c22-18-9-5-15(6-10-18)14-27-19-11-7-16(8-12-19)21(26)25-24-13-17-3-1-2-4-20(17)23/h1-13H,14H2,(H,25,26)/b24-13+. The minimum Gasteiger partial charge on any atom is -0.489 e. The first-order valence-electron chi connectivity index (χ1n) is 8.17. The van der Waals surface area contributed by atoms with Crippen LogP contribution in [0.2, 0.25) is 10.0 Å². The Balaban J connectivity index is 1.54. The van der Waals surface area contributed by atoms with Crippen molar-refractivity contribution in [2.45, 2.75) is 6.61 Å². The van der Waals surface area contributed by atoms with E-state index in [2.05, 4.69) is 10.5 Å². The molecular formula is C21H16Cl2N2O2. The van der Waals surface area contributed by atoms with Gasteiger partial charge in [-0.25, -0.2) is 5.43 Å². The molecule has 1 N–H and O–H groups in total. The first-order chi connectivity index (χ1) is 13.1. The number of hydrogen-bond donors (Lipinski definition) is 1. The molecule has 0 aliphatic heterocycles.